The van der Waals surface area contributed by atoms with Gasteiger partial charge in [-0.25, -0.2) is 0 Å². The number of halogens is 2. The van der Waals surface area contributed by atoms with E-state index in [-0.39, 0.29) is 0 Å². The molecule has 0 aromatic heterocycles. The van der Waals surface area contributed by atoms with Crippen molar-refractivity contribution in [3.8, 4) is 11.5 Å². The molecule has 1 aromatic rings. The molecule has 1 aromatic carbocycles. The van der Waals surface area contributed by atoms with Crippen molar-refractivity contribution in [2.24, 2.45) is 0 Å². The summed E-state index contributed by atoms with van der Waals surface area (Å²) in [5, 5.41) is 0.407. The van der Waals surface area contributed by atoms with Gasteiger partial charge in [0.05, 0.1) is 29.3 Å². The average molecular weight is 280 g/mol. The van der Waals surface area contributed by atoms with Crippen LogP contribution in [0.4, 0.5) is 0 Å². The standard InChI is InChI=1S/C9H8BrClO3/c1-13-8-5(4-12)3-6(11)7(10)9(8)14-2/h3-4H,1-2H3. The highest BCUT2D eigenvalue weighted by Crippen LogP contribution is 2.41. The van der Waals surface area contributed by atoms with Crippen LogP contribution in [-0.2, 0) is 0 Å². The highest BCUT2D eigenvalue weighted by molar-refractivity contribution is 9.10. The van der Waals surface area contributed by atoms with Gasteiger partial charge in [0.2, 0.25) is 0 Å². The lowest BCUT2D eigenvalue weighted by Crippen LogP contribution is -1.96. The van der Waals surface area contributed by atoms with E-state index in [0.29, 0.717) is 32.8 Å². The predicted molar refractivity (Wildman–Crippen MR) is 57.6 cm³/mol. The highest BCUT2D eigenvalue weighted by atomic mass is 79.9. The van der Waals surface area contributed by atoms with Crippen LogP contribution in [0.1, 0.15) is 10.4 Å². The molecule has 76 valence electrons. The molecule has 0 unspecified atom stereocenters. The third-order valence-electron chi connectivity index (χ3n) is 1.69. The monoisotopic (exact) mass is 278 g/mol. The molecule has 0 aliphatic heterocycles. The van der Waals surface area contributed by atoms with E-state index in [4.69, 9.17) is 21.1 Å². The van der Waals surface area contributed by atoms with E-state index < -0.39 is 0 Å². The van der Waals surface area contributed by atoms with Crippen molar-refractivity contribution >= 4 is 33.8 Å². The van der Waals surface area contributed by atoms with Gasteiger partial charge in [-0.2, -0.15) is 0 Å². The fourth-order valence-corrected chi connectivity index (χ4v) is 1.74. The average Bonchev–Trinajstić information content (AvgIpc) is 2.20. The summed E-state index contributed by atoms with van der Waals surface area (Å²) in [7, 11) is 2.94. The zero-order chi connectivity index (χ0) is 10.7. The van der Waals surface area contributed by atoms with Crippen LogP contribution >= 0.6 is 27.5 Å². The molecule has 0 spiro atoms. The minimum absolute atomic E-state index is 0.359. The van der Waals surface area contributed by atoms with Gasteiger partial charge in [-0.1, -0.05) is 11.6 Å². The van der Waals surface area contributed by atoms with Crippen LogP contribution in [0, 0.1) is 0 Å². The van der Waals surface area contributed by atoms with Crippen molar-refractivity contribution < 1.29 is 14.3 Å². The molecule has 0 aliphatic rings. The zero-order valence-corrected chi connectivity index (χ0v) is 9.98. The number of benzene rings is 1. The number of ether oxygens (including phenoxy) is 2. The minimum atomic E-state index is 0.359. The molecule has 1 rings (SSSR count). The van der Waals surface area contributed by atoms with Crippen LogP contribution in [0.15, 0.2) is 10.5 Å². The number of rotatable bonds is 3. The molecule has 0 saturated carbocycles. The molecule has 0 N–H and O–H groups in total. The zero-order valence-electron chi connectivity index (χ0n) is 7.64. The lowest BCUT2D eigenvalue weighted by Gasteiger charge is -2.12. The fraction of sp³-hybridized carbons (Fsp3) is 0.222. The number of carbonyl (C=O) groups is 1. The third-order valence-corrected chi connectivity index (χ3v) is 3.01. The minimum Gasteiger partial charge on any atom is -0.492 e. The van der Waals surface area contributed by atoms with Gasteiger partial charge in [-0.15, -0.1) is 0 Å². The maximum atomic E-state index is 10.7. The van der Waals surface area contributed by atoms with Crippen molar-refractivity contribution in [1.29, 1.82) is 0 Å². The molecule has 14 heavy (non-hydrogen) atoms. The van der Waals surface area contributed by atoms with Gasteiger partial charge in [-0.3, -0.25) is 4.79 Å². The summed E-state index contributed by atoms with van der Waals surface area (Å²) >= 11 is 9.11. The Morgan fingerprint density at radius 1 is 1.36 bits per heavy atom. The Hall–Kier alpha value is -0.740. The Bertz CT molecular complexity index is 366. The lowest BCUT2D eigenvalue weighted by atomic mass is 10.2. The van der Waals surface area contributed by atoms with E-state index in [9.17, 15) is 4.79 Å². The first-order valence-electron chi connectivity index (χ1n) is 3.70. The number of methoxy groups -OCH3 is 2. The smallest absolute Gasteiger partial charge is 0.177 e. The highest BCUT2D eigenvalue weighted by Gasteiger charge is 2.16. The molecule has 0 bridgehead atoms. The van der Waals surface area contributed by atoms with Gasteiger partial charge >= 0.3 is 0 Å². The first kappa shape index (κ1) is 11.3. The molecule has 5 heteroatoms. The molecular weight excluding hydrogens is 271 g/mol. The number of aldehydes is 1. The Morgan fingerprint density at radius 2 is 1.93 bits per heavy atom. The molecule has 0 fully saturated rings. The Labute approximate surface area is 95.1 Å². The van der Waals surface area contributed by atoms with Gasteiger partial charge in [-0.05, 0) is 22.0 Å². The first-order valence-corrected chi connectivity index (χ1v) is 4.88. The number of hydrogen-bond acceptors (Lipinski definition) is 3. The summed E-state index contributed by atoms with van der Waals surface area (Å²) < 4.78 is 10.7. The number of carbonyl (C=O) groups excluding carboxylic acids is 1. The van der Waals surface area contributed by atoms with Crippen molar-refractivity contribution in [2.75, 3.05) is 14.2 Å². The van der Waals surface area contributed by atoms with Crippen molar-refractivity contribution in [3.05, 3.63) is 21.1 Å². The summed E-state index contributed by atoms with van der Waals surface area (Å²) in [6.45, 7) is 0. The lowest BCUT2D eigenvalue weighted by molar-refractivity contribution is 0.112. The van der Waals surface area contributed by atoms with Gasteiger partial charge < -0.3 is 9.47 Å². The van der Waals surface area contributed by atoms with E-state index in [2.05, 4.69) is 15.9 Å². The second-order valence-electron chi connectivity index (χ2n) is 2.45. The van der Waals surface area contributed by atoms with Gasteiger partial charge in [0.1, 0.15) is 0 Å². The van der Waals surface area contributed by atoms with Gasteiger partial charge in [0.15, 0.2) is 17.8 Å². The summed E-state index contributed by atoms with van der Waals surface area (Å²) in [5.41, 5.74) is 0.359. The molecule has 0 radical (unpaired) electrons. The normalized spacial score (nSPS) is 9.71. The van der Waals surface area contributed by atoms with Crippen LogP contribution in [0.25, 0.3) is 0 Å². The molecular formula is C9H8BrClO3. The van der Waals surface area contributed by atoms with Crippen LogP contribution in [0.5, 0.6) is 11.5 Å². The second-order valence-corrected chi connectivity index (χ2v) is 3.65. The van der Waals surface area contributed by atoms with Crippen molar-refractivity contribution in [3.63, 3.8) is 0 Å². The Balaban J connectivity index is 3.49. The van der Waals surface area contributed by atoms with Crippen LogP contribution in [0.3, 0.4) is 0 Å². The van der Waals surface area contributed by atoms with Crippen LogP contribution in [-0.4, -0.2) is 20.5 Å². The molecule has 3 nitrogen and oxygen atoms in total. The maximum Gasteiger partial charge on any atom is 0.177 e. The van der Waals surface area contributed by atoms with E-state index >= 15 is 0 Å². The van der Waals surface area contributed by atoms with E-state index in [1.807, 2.05) is 0 Å². The first-order chi connectivity index (χ1) is 6.65. The summed E-state index contributed by atoms with van der Waals surface area (Å²) in [6, 6.07) is 1.51. The van der Waals surface area contributed by atoms with E-state index in [0.717, 1.165) is 0 Å². The summed E-state index contributed by atoms with van der Waals surface area (Å²) in [6.07, 6.45) is 0.666. The van der Waals surface area contributed by atoms with Crippen LogP contribution in [0.2, 0.25) is 5.02 Å². The maximum absolute atomic E-state index is 10.7. The van der Waals surface area contributed by atoms with Crippen molar-refractivity contribution in [1.82, 2.24) is 0 Å². The van der Waals surface area contributed by atoms with Crippen LogP contribution < -0.4 is 9.47 Å². The molecule has 0 atom stereocenters. The second kappa shape index (κ2) is 4.66. The quantitative estimate of drug-likeness (QED) is 0.798. The van der Waals surface area contributed by atoms with Gasteiger partial charge in [0, 0.05) is 0 Å². The molecule has 0 aliphatic carbocycles. The van der Waals surface area contributed by atoms with Crippen molar-refractivity contribution in [2.45, 2.75) is 0 Å². The third kappa shape index (κ3) is 1.86. The predicted octanol–water partition coefficient (Wildman–Crippen LogP) is 2.93. The topological polar surface area (TPSA) is 35.5 Å². The number of hydrogen-bond donors (Lipinski definition) is 0. The Morgan fingerprint density at radius 3 is 2.36 bits per heavy atom. The summed E-state index contributed by atoms with van der Waals surface area (Å²) in [5.74, 6) is 0.792. The molecule has 0 saturated heterocycles. The van der Waals surface area contributed by atoms with E-state index in [1.165, 1.54) is 20.3 Å². The summed E-state index contributed by atoms with van der Waals surface area (Å²) in [4.78, 5) is 10.7. The SMILES string of the molecule is COc1c(C=O)cc(Cl)c(Br)c1OC. The molecule has 0 heterocycles. The fourth-order valence-electron chi connectivity index (χ4n) is 1.09. The Kier molecular flexibility index (Phi) is 3.77. The largest absolute Gasteiger partial charge is 0.492 e. The van der Waals surface area contributed by atoms with Gasteiger partial charge in [0.25, 0.3) is 0 Å². The molecule has 0 amide bonds. The van der Waals surface area contributed by atoms with E-state index in [1.54, 1.807) is 0 Å².